The third-order valence-electron chi connectivity index (χ3n) is 3.20. The summed E-state index contributed by atoms with van der Waals surface area (Å²) in [6.07, 6.45) is -3.11. The smallest absolute Gasteiger partial charge is 0.330 e. The number of halogens is 1. The fourth-order valence-corrected chi connectivity index (χ4v) is 2.53. The zero-order valence-corrected chi connectivity index (χ0v) is 12.0. The molecule has 8 nitrogen and oxygen atoms in total. The predicted molar refractivity (Wildman–Crippen MR) is 71.8 cm³/mol. The molecule has 0 bridgehead atoms. The number of rotatable bonds is 4. The lowest BCUT2D eigenvalue weighted by atomic mass is 10.1. The van der Waals surface area contributed by atoms with Gasteiger partial charge in [-0.05, 0) is 6.42 Å². The molecule has 0 amide bonds. The van der Waals surface area contributed by atoms with Crippen LogP contribution in [0, 0.1) is 0 Å². The van der Waals surface area contributed by atoms with Crippen LogP contribution in [0.25, 0.3) is 0 Å². The number of aromatic nitrogens is 2. The summed E-state index contributed by atoms with van der Waals surface area (Å²) in [4.78, 5) is 25.5. The molecule has 1 fully saturated rings. The Balaban J connectivity index is 2.40. The predicted octanol–water partition coefficient (Wildman–Crippen LogP) is -1.91. The summed E-state index contributed by atoms with van der Waals surface area (Å²) in [5, 5.41) is 29.1. The van der Waals surface area contributed by atoms with Gasteiger partial charge in [-0.1, -0.05) is 15.9 Å². The largest absolute Gasteiger partial charge is 0.394 e. The normalized spacial score (nSPS) is 29.8. The quantitative estimate of drug-likeness (QED) is 0.469. The van der Waals surface area contributed by atoms with E-state index in [1.807, 2.05) is 0 Å². The van der Waals surface area contributed by atoms with Crippen molar-refractivity contribution in [2.24, 2.45) is 0 Å². The first-order valence-electron chi connectivity index (χ1n) is 6.02. The molecule has 20 heavy (non-hydrogen) atoms. The van der Waals surface area contributed by atoms with E-state index in [0.29, 0.717) is 17.3 Å². The number of H-pyrrole nitrogens is 1. The minimum absolute atomic E-state index is 0.346. The highest BCUT2D eigenvalue weighted by Gasteiger charge is 2.43. The van der Waals surface area contributed by atoms with Gasteiger partial charge in [-0.15, -0.1) is 0 Å². The molecule has 0 spiro atoms. The van der Waals surface area contributed by atoms with E-state index in [9.17, 15) is 19.8 Å². The minimum atomic E-state index is -1.37. The first-order chi connectivity index (χ1) is 9.49. The monoisotopic (exact) mass is 350 g/mol. The molecule has 1 unspecified atom stereocenters. The van der Waals surface area contributed by atoms with E-state index in [2.05, 4.69) is 20.9 Å². The number of alkyl halides is 1. The van der Waals surface area contributed by atoms with E-state index in [-0.39, 0.29) is 0 Å². The molecule has 1 saturated heterocycles. The van der Waals surface area contributed by atoms with Crippen molar-refractivity contribution in [1.82, 2.24) is 9.55 Å². The van der Waals surface area contributed by atoms with Gasteiger partial charge in [0.15, 0.2) is 6.23 Å². The zero-order chi connectivity index (χ0) is 14.9. The summed E-state index contributed by atoms with van der Waals surface area (Å²) >= 11 is 3.20. The summed E-state index contributed by atoms with van der Waals surface area (Å²) in [6, 6.07) is 0. The van der Waals surface area contributed by atoms with Crippen LogP contribution >= 0.6 is 15.9 Å². The molecular weight excluding hydrogens is 336 g/mol. The van der Waals surface area contributed by atoms with Crippen LogP contribution in [0.2, 0.25) is 0 Å². The SMILES string of the molecule is O=c1[nH]c(=O)n([C@@H]2O[C@H](CO)C(O)[C@@H]2O)cc1CCBr. The van der Waals surface area contributed by atoms with Gasteiger partial charge in [-0.25, -0.2) is 4.79 Å². The molecule has 4 N–H and O–H groups in total. The Morgan fingerprint density at radius 2 is 2.05 bits per heavy atom. The number of hydrogen-bond donors (Lipinski definition) is 4. The molecule has 1 aliphatic rings. The standard InChI is InChI=1S/C11H15BrN2O6/c12-2-1-5-3-14(11(19)13-9(5)18)10-8(17)7(16)6(4-15)20-10/h3,6-8,10,15-17H,1-2,4H2,(H,13,18,19)/t6-,7?,8+,10-/m1/s1. The average Bonchev–Trinajstić information content (AvgIpc) is 2.70. The van der Waals surface area contributed by atoms with E-state index in [1.54, 1.807) is 0 Å². The maximum atomic E-state index is 11.8. The van der Waals surface area contributed by atoms with Gasteiger partial charge in [0.25, 0.3) is 5.56 Å². The fourth-order valence-electron chi connectivity index (χ4n) is 2.11. The second-order valence-electron chi connectivity index (χ2n) is 4.49. The molecule has 0 aromatic carbocycles. The van der Waals surface area contributed by atoms with Gasteiger partial charge < -0.3 is 20.1 Å². The molecule has 4 atom stereocenters. The molecule has 1 aliphatic heterocycles. The molecule has 9 heteroatoms. The van der Waals surface area contributed by atoms with Crippen LogP contribution in [0.1, 0.15) is 11.8 Å². The van der Waals surface area contributed by atoms with Gasteiger partial charge in [0.05, 0.1) is 6.61 Å². The van der Waals surface area contributed by atoms with Crippen molar-refractivity contribution in [1.29, 1.82) is 0 Å². The van der Waals surface area contributed by atoms with Crippen molar-refractivity contribution in [2.45, 2.75) is 31.0 Å². The highest BCUT2D eigenvalue weighted by molar-refractivity contribution is 9.09. The Labute approximate surface area is 121 Å². The molecule has 2 rings (SSSR count). The second-order valence-corrected chi connectivity index (χ2v) is 5.28. The fraction of sp³-hybridized carbons (Fsp3) is 0.636. The van der Waals surface area contributed by atoms with E-state index >= 15 is 0 Å². The highest BCUT2D eigenvalue weighted by Crippen LogP contribution is 2.27. The maximum absolute atomic E-state index is 11.8. The number of hydrogen-bond acceptors (Lipinski definition) is 6. The van der Waals surface area contributed by atoms with Crippen LogP contribution in [-0.4, -0.2) is 55.1 Å². The number of ether oxygens (including phenoxy) is 1. The molecule has 112 valence electrons. The van der Waals surface area contributed by atoms with Gasteiger partial charge in [-0.2, -0.15) is 0 Å². The number of aliphatic hydroxyl groups excluding tert-OH is 3. The minimum Gasteiger partial charge on any atom is -0.394 e. The first kappa shape index (κ1) is 15.4. The van der Waals surface area contributed by atoms with E-state index in [0.717, 1.165) is 4.57 Å². The second kappa shape index (κ2) is 6.19. The lowest BCUT2D eigenvalue weighted by molar-refractivity contribution is -0.0551. The van der Waals surface area contributed by atoms with Gasteiger partial charge >= 0.3 is 5.69 Å². The number of nitrogens with zero attached hydrogens (tertiary/aromatic N) is 1. The number of nitrogens with one attached hydrogen (secondary N) is 1. The van der Waals surface area contributed by atoms with E-state index in [4.69, 9.17) is 9.84 Å². The molecular formula is C11H15BrN2O6. The highest BCUT2D eigenvalue weighted by atomic mass is 79.9. The summed E-state index contributed by atoms with van der Waals surface area (Å²) in [5.41, 5.74) is -0.903. The third kappa shape index (κ3) is 2.72. The van der Waals surface area contributed by atoms with Gasteiger partial charge in [0.2, 0.25) is 0 Å². The third-order valence-corrected chi connectivity index (χ3v) is 3.59. The molecule has 1 aromatic heterocycles. The van der Waals surface area contributed by atoms with Crippen molar-refractivity contribution < 1.29 is 20.1 Å². The summed E-state index contributed by atoms with van der Waals surface area (Å²) in [7, 11) is 0. The van der Waals surface area contributed by atoms with Crippen LogP contribution in [0.5, 0.6) is 0 Å². The van der Waals surface area contributed by atoms with Gasteiger partial charge in [-0.3, -0.25) is 14.3 Å². The van der Waals surface area contributed by atoms with Crippen LogP contribution in [0.4, 0.5) is 0 Å². The zero-order valence-electron chi connectivity index (χ0n) is 10.4. The van der Waals surface area contributed by atoms with Crippen molar-refractivity contribution in [2.75, 3.05) is 11.9 Å². The number of aromatic amines is 1. The molecule has 1 aromatic rings. The van der Waals surface area contributed by atoms with Crippen molar-refractivity contribution >= 4 is 15.9 Å². The van der Waals surface area contributed by atoms with Crippen molar-refractivity contribution in [3.05, 3.63) is 32.6 Å². The molecule has 0 aliphatic carbocycles. The van der Waals surface area contributed by atoms with Crippen LogP contribution in [0.3, 0.4) is 0 Å². The number of aryl methyl sites for hydroxylation is 1. The summed E-state index contributed by atoms with van der Waals surface area (Å²) in [5.74, 6) is 0. The lowest BCUT2D eigenvalue weighted by Crippen LogP contribution is -2.39. The Morgan fingerprint density at radius 1 is 1.35 bits per heavy atom. The van der Waals surface area contributed by atoms with Gasteiger partial charge in [0.1, 0.15) is 18.3 Å². The van der Waals surface area contributed by atoms with E-state index in [1.165, 1.54) is 6.20 Å². The summed E-state index contributed by atoms with van der Waals surface area (Å²) < 4.78 is 6.27. The number of aliphatic hydroxyl groups is 3. The van der Waals surface area contributed by atoms with Gasteiger partial charge in [0, 0.05) is 17.1 Å². The Kier molecular flexibility index (Phi) is 4.76. The molecule has 0 radical (unpaired) electrons. The van der Waals surface area contributed by atoms with Crippen molar-refractivity contribution in [3.63, 3.8) is 0 Å². The first-order valence-corrected chi connectivity index (χ1v) is 7.14. The average molecular weight is 351 g/mol. The Morgan fingerprint density at radius 3 is 2.60 bits per heavy atom. The molecule has 2 heterocycles. The van der Waals surface area contributed by atoms with Crippen LogP contribution in [0.15, 0.2) is 15.8 Å². The van der Waals surface area contributed by atoms with E-state index < -0.39 is 42.4 Å². The van der Waals surface area contributed by atoms with Crippen molar-refractivity contribution in [3.8, 4) is 0 Å². The Bertz CT molecular complexity index is 585. The van der Waals surface area contributed by atoms with Crippen LogP contribution in [-0.2, 0) is 11.2 Å². The topological polar surface area (TPSA) is 125 Å². The summed E-state index contributed by atoms with van der Waals surface area (Å²) in [6.45, 7) is -0.485. The lowest BCUT2D eigenvalue weighted by Gasteiger charge is -2.17. The molecule has 0 saturated carbocycles. The maximum Gasteiger partial charge on any atom is 0.330 e. The van der Waals surface area contributed by atoms with Crippen LogP contribution < -0.4 is 11.2 Å². The Hall–Kier alpha value is -1.00.